The van der Waals surface area contributed by atoms with E-state index in [-0.39, 0.29) is 23.7 Å². The van der Waals surface area contributed by atoms with Crippen LogP contribution in [0.25, 0.3) is 21.8 Å². The number of nitrogens with one attached hydrogen (secondary N) is 1. The minimum atomic E-state index is -2.64. The van der Waals surface area contributed by atoms with E-state index < -0.39 is 30.2 Å². The van der Waals surface area contributed by atoms with Gasteiger partial charge in [-0.25, -0.2) is 18.4 Å². The topological polar surface area (TPSA) is 99.1 Å². The number of halogens is 4. The highest BCUT2D eigenvalue weighted by molar-refractivity contribution is 9.10. The number of alkyl halides is 2. The molecule has 0 spiro atoms. The molecule has 0 atom stereocenters. The molecule has 0 saturated heterocycles. The van der Waals surface area contributed by atoms with Gasteiger partial charge in [-0.1, -0.05) is 27.5 Å². The summed E-state index contributed by atoms with van der Waals surface area (Å²) in [6, 6.07) is 8.18. The summed E-state index contributed by atoms with van der Waals surface area (Å²) in [7, 11) is 0. The molecule has 8 nitrogen and oxygen atoms in total. The average Bonchev–Trinajstić information content (AvgIpc) is 3.14. The molecule has 0 unspecified atom stereocenters. The summed E-state index contributed by atoms with van der Waals surface area (Å²) >= 11 is 9.59. The number of esters is 1. The maximum absolute atomic E-state index is 13.0. The lowest BCUT2D eigenvalue weighted by Crippen LogP contribution is -2.32. The molecule has 12 heteroatoms. The lowest BCUT2D eigenvalue weighted by molar-refractivity contribution is -0.155. The normalized spacial score (nSPS) is 12.0. The third kappa shape index (κ3) is 6.01. The minimum absolute atomic E-state index is 0.0981. The zero-order valence-corrected chi connectivity index (χ0v) is 21.9. The van der Waals surface area contributed by atoms with Crippen molar-refractivity contribution in [2.45, 2.75) is 45.8 Å². The standard InChI is InChI=1S/C24H22BrClF2N4O4/c1-24(2,3)36-22(33)10-32-23(34)13-5-4-12(25)6-14(13)16(31-32)9-21-29-17-7-15(26)19(8-18(17)30-21)35-11-20(27)28/h4-8,20H,9-11H2,1-3H3,(H,29,30). The molecule has 2 aromatic heterocycles. The molecule has 2 aromatic carbocycles. The van der Waals surface area contributed by atoms with Crippen molar-refractivity contribution in [2.24, 2.45) is 0 Å². The SMILES string of the molecule is CC(C)(C)OC(=O)Cn1nc(Cc2nc3cc(OCC(F)F)c(Cl)cc3[nH]2)c2cc(Br)ccc2c1=O. The molecule has 0 aliphatic heterocycles. The van der Waals surface area contributed by atoms with Crippen molar-refractivity contribution in [3.63, 3.8) is 0 Å². The molecular formula is C24H22BrClF2N4O4. The maximum Gasteiger partial charge on any atom is 0.328 e. The molecule has 36 heavy (non-hydrogen) atoms. The van der Waals surface area contributed by atoms with Crippen molar-refractivity contribution >= 4 is 55.3 Å². The van der Waals surface area contributed by atoms with E-state index in [0.29, 0.717) is 33.3 Å². The number of carbonyl (C=O) groups is 1. The van der Waals surface area contributed by atoms with Crippen molar-refractivity contribution in [1.29, 1.82) is 0 Å². The first-order valence-electron chi connectivity index (χ1n) is 10.9. The summed E-state index contributed by atoms with van der Waals surface area (Å²) < 4.78 is 37.3. The van der Waals surface area contributed by atoms with Crippen molar-refractivity contribution in [1.82, 2.24) is 19.7 Å². The summed E-state index contributed by atoms with van der Waals surface area (Å²) in [5, 5.41) is 5.59. The Bertz CT molecular complexity index is 1510. The Balaban J connectivity index is 1.72. The van der Waals surface area contributed by atoms with Gasteiger partial charge in [-0.15, -0.1) is 0 Å². The van der Waals surface area contributed by atoms with E-state index in [1.807, 2.05) is 0 Å². The number of hydrogen-bond donors (Lipinski definition) is 1. The number of carbonyl (C=O) groups excluding carboxylic acids is 1. The molecule has 0 radical (unpaired) electrons. The first kappa shape index (κ1) is 26.0. The molecule has 0 aliphatic carbocycles. The van der Waals surface area contributed by atoms with E-state index in [2.05, 4.69) is 31.0 Å². The molecule has 0 saturated carbocycles. The quantitative estimate of drug-likeness (QED) is 0.298. The van der Waals surface area contributed by atoms with E-state index in [0.717, 1.165) is 9.15 Å². The van der Waals surface area contributed by atoms with Gasteiger partial charge in [0, 0.05) is 15.9 Å². The first-order chi connectivity index (χ1) is 16.9. The van der Waals surface area contributed by atoms with Crippen molar-refractivity contribution in [2.75, 3.05) is 6.61 Å². The fraction of sp³-hybridized carbons (Fsp3) is 0.333. The van der Waals surface area contributed by atoms with Crippen LogP contribution in [0.3, 0.4) is 0 Å². The van der Waals surface area contributed by atoms with Crippen LogP contribution in [-0.4, -0.2) is 44.4 Å². The fourth-order valence-electron chi connectivity index (χ4n) is 3.63. The number of hydrogen-bond acceptors (Lipinski definition) is 6. The Morgan fingerprint density at radius 2 is 1.97 bits per heavy atom. The molecular weight excluding hydrogens is 562 g/mol. The van der Waals surface area contributed by atoms with E-state index in [9.17, 15) is 18.4 Å². The van der Waals surface area contributed by atoms with E-state index in [4.69, 9.17) is 21.1 Å². The number of ether oxygens (including phenoxy) is 2. The van der Waals surface area contributed by atoms with Crippen molar-refractivity contribution < 1.29 is 23.0 Å². The molecule has 2 heterocycles. The van der Waals surface area contributed by atoms with Crippen molar-refractivity contribution in [3.8, 4) is 5.75 Å². The van der Waals surface area contributed by atoms with Crippen LogP contribution in [0, 0.1) is 0 Å². The van der Waals surface area contributed by atoms with Crippen LogP contribution in [0.5, 0.6) is 5.75 Å². The van der Waals surface area contributed by atoms with Gasteiger partial charge in [0.1, 0.15) is 30.3 Å². The second kappa shape index (κ2) is 10.1. The van der Waals surface area contributed by atoms with E-state index in [1.54, 1.807) is 45.0 Å². The Morgan fingerprint density at radius 1 is 1.22 bits per heavy atom. The third-order valence-electron chi connectivity index (χ3n) is 4.98. The highest BCUT2D eigenvalue weighted by Gasteiger charge is 2.20. The molecule has 4 aromatic rings. The molecule has 4 rings (SSSR count). The lowest BCUT2D eigenvalue weighted by Gasteiger charge is -2.19. The minimum Gasteiger partial charge on any atom is -0.486 e. The molecule has 190 valence electrons. The number of rotatable bonds is 7. The van der Waals surface area contributed by atoms with Crippen LogP contribution >= 0.6 is 27.5 Å². The van der Waals surface area contributed by atoms with Gasteiger partial charge >= 0.3 is 5.97 Å². The second-order valence-electron chi connectivity index (χ2n) is 9.05. The largest absolute Gasteiger partial charge is 0.486 e. The van der Waals surface area contributed by atoms with Crippen molar-refractivity contribution in [3.05, 3.63) is 61.7 Å². The maximum atomic E-state index is 13.0. The van der Waals surface area contributed by atoms with Gasteiger partial charge in [0.15, 0.2) is 0 Å². The Morgan fingerprint density at radius 3 is 2.67 bits per heavy atom. The zero-order chi connectivity index (χ0) is 26.2. The van der Waals surface area contributed by atoms with Crippen LogP contribution in [0.1, 0.15) is 32.3 Å². The number of H-pyrrole nitrogens is 1. The van der Waals surface area contributed by atoms with Gasteiger partial charge in [0.05, 0.1) is 33.6 Å². The Kier molecular flexibility index (Phi) is 7.33. The summed E-state index contributed by atoms with van der Waals surface area (Å²) in [6.45, 7) is 4.08. The third-order valence-corrected chi connectivity index (χ3v) is 5.77. The van der Waals surface area contributed by atoms with Gasteiger partial charge in [-0.05, 0) is 45.0 Å². The van der Waals surface area contributed by atoms with Crippen LogP contribution in [0.4, 0.5) is 8.78 Å². The number of fused-ring (bicyclic) bond motifs is 2. The van der Waals surface area contributed by atoms with Gasteiger partial charge in [-0.2, -0.15) is 5.10 Å². The lowest BCUT2D eigenvalue weighted by atomic mass is 10.1. The molecule has 0 bridgehead atoms. The number of aromatic nitrogens is 4. The zero-order valence-electron chi connectivity index (χ0n) is 19.6. The molecule has 0 aliphatic rings. The fourth-order valence-corrected chi connectivity index (χ4v) is 4.21. The number of nitrogens with zero attached hydrogens (tertiary/aromatic N) is 3. The molecule has 0 amide bonds. The number of benzene rings is 2. The Labute approximate surface area is 217 Å². The summed E-state index contributed by atoms with van der Waals surface area (Å²) in [6.07, 6.45) is -2.46. The van der Waals surface area contributed by atoms with Crippen LogP contribution in [0.2, 0.25) is 5.02 Å². The first-order valence-corrected chi connectivity index (χ1v) is 12.1. The van der Waals surface area contributed by atoms with Gasteiger partial charge < -0.3 is 14.5 Å². The van der Waals surface area contributed by atoms with E-state index >= 15 is 0 Å². The number of aromatic amines is 1. The summed E-state index contributed by atoms with van der Waals surface area (Å²) in [4.78, 5) is 33.1. The van der Waals surface area contributed by atoms with Gasteiger partial charge in [-0.3, -0.25) is 9.59 Å². The molecule has 1 N–H and O–H groups in total. The molecule has 0 fully saturated rings. The Hall–Kier alpha value is -3.05. The van der Waals surface area contributed by atoms with Crippen LogP contribution < -0.4 is 10.3 Å². The average molecular weight is 584 g/mol. The van der Waals surface area contributed by atoms with Gasteiger partial charge in [0.2, 0.25) is 0 Å². The van der Waals surface area contributed by atoms with Gasteiger partial charge in [0.25, 0.3) is 12.0 Å². The van der Waals surface area contributed by atoms with Crippen LogP contribution in [0.15, 0.2) is 39.6 Å². The van der Waals surface area contributed by atoms with Crippen LogP contribution in [-0.2, 0) is 22.5 Å². The smallest absolute Gasteiger partial charge is 0.328 e. The monoisotopic (exact) mass is 582 g/mol. The summed E-state index contributed by atoms with van der Waals surface area (Å²) in [5.74, 6) is -0.00142. The number of imidazole rings is 1. The highest BCUT2D eigenvalue weighted by Crippen LogP contribution is 2.30. The van der Waals surface area contributed by atoms with E-state index in [1.165, 1.54) is 6.07 Å². The second-order valence-corrected chi connectivity index (χ2v) is 10.4. The highest BCUT2D eigenvalue weighted by atomic mass is 79.9. The predicted octanol–water partition coefficient (Wildman–Crippen LogP) is 5.27. The predicted molar refractivity (Wildman–Crippen MR) is 135 cm³/mol. The summed E-state index contributed by atoms with van der Waals surface area (Å²) in [5.41, 5.74) is 0.398.